The quantitative estimate of drug-likeness (QED) is 0.698. The van der Waals surface area contributed by atoms with Gasteiger partial charge in [0, 0.05) is 26.1 Å². The number of rotatable bonds is 7. The van der Waals surface area contributed by atoms with Crippen LogP contribution < -0.4 is 10.6 Å². The van der Waals surface area contributed by atoms with Crippen LogP contribution in [0.1, 0.15) is 52.4 Å². The van der Waals surface area contributed by atoms with Crippen molar-refractivity contribution in [1.29, 1.82) is 0 Å². The first-order chi connectivity index (χ1) is 7.62. The maximum atomic E-state index is 11.2. The molecule has 1 amide bonds. The average Bonchev–Trinajstić information content (AvgIpc) is 2.21. The lowest BCUT2D eigenvalue weighted by molar-refractivity contribution is -0.121. The van der Waals surface area contributed by atoms with Crippen LogP contribution in [0.5, 0.6) is 0 Å². The second-order valence-corrected chi connectivity index (χ2v) is 5.26. The summed E-state index contributed by atoms with van der Waals surface area (Å²) in [5, 5.41) is 6.18. The lowest BCUT2D eigenvalue weighted by Gasteiger charge is -2.43. The fraction of sp³-hybridized carbons (Fsp3) is 0.923. The summed E-state index contributed by atoms with van der Waals surface area (Å²) < 4.78 is 0. The fourth-order valence-electron chi connectivity index (χ4n) is 2.57. The van der Waals surface area contributed by atoms with Crippen molar-refractivity contribution in [1.82, 2.24) is 10.6 Å². The Balaban J connectivity index is 2.24. The zero-order chi connectivity index (χ0) is 12.0. The Morgan fingerprint density at radius 1 is 1.44 bits per heavy atom. The van der Waals surface area contributed by atoms with Crippen molar-refractivity contribution < 1.29 is 4.79 Å². The first-order valence-corrected chi connectivity index (χ1v) is 6.56. The van der Waals surface area contributed by atoms with Gasteiger partial charge in [0.05, 0.1) is 0 Å². The number of carbonyl (C=O) groups is 1. The topological polar surface area (TPSA) is 41.1 Å². The molecule has 0 aromatic rings. The molecule has 1 atom stereocenters. The number of hydrogen-bond acceptors (Lipinski definition) is 2. The van der Waals surface area contributed by atoms with Crippen LogP contribution in [0.25, 0.3) is 0 Å². The summed E-state index contributed by atoms with van der Waals surface area (Å²) in [6.07, 6.45) is 7.28. The third-order valence-electron chi connectivity index (χ3n) is 3.79. The van der Waals surface area contributed by atoms with Gasteiger partial charge in [-0.2, -0.15) is 0 Å². The number of amides is 1. The molecule has 3 heteroatoms. The first-order valence-electron chi connectivity index (χ1n) is 6.56. The van der Waals surface area contributed by atoms with Gasteiger partial charge in [0.2, 0.25) is 5.91 Å². The highest BCUT2D eigenvalue weighted by Gasteiger charge is 2.35. The van der Waals surface area contributed by atoms with Crippen LogP contribution in [0.3, 0.4) is 0 Å². The van der Waals surface area contributed by atoms with E-state index in [1.807, 2.05) is 0 Å². The summed E-state index contributed by atoms with van der Waals surface area (Å²) >= 11 is 0. The molecule has 0 aliphatic heterocycles. The van der Waals surface area contributed by atoms with Gasteiger partial charge in [-0.25, -0.2) is 0 Å². The Morgan fingerprint density at radius 2 is 2.12 bits per heavy atom. The first kappa shape index (κ1) is 13.5. The highest BCUT2D eigenvalue weighted by atomic mass is 16.1. The molecule has 1 rings (SSSR count). The monoisotopic (exact) mass is 226 g/mol. The van der Waals surface area contributed by atoms with Crippen LogP contribution in [-0.2, 0) is 4.79 Å². The van der Waals surface area contributed by atoms with Gasteiger partial charge in [0.15, 0.2) is 0 Å². The zero-order valence-electron chi connectivity index (χ0n) is 10.9. The molecule has 0 aromatic carbocycles. The van der Waals surface area contributed by atoms with Gasteiger partial charge < -0.3 is 10.6 Å². The molecule has 94 valence electrons. The third kappa shape index (κ3) is 3.78. The standard InChI is InChI=1S/C13H26N2O/c1-4-6-13(7-5-8-13)10-15-11(2)9-12(16)14-3/h11,15H,4-10H2,1-3H3,(H,14,16). The summed E-state index contributed by atoms with van der Waals surface area (Å²) in [4.78, 5) is 11.2. The highest BCUT2D eigenvalue weighted by molar-refractivity contribution is 5.76. The van der Waals surface area contributed by atoms with Gasteiger partial charge in [0.25, 0.3) is 0 Å². The van der Waals surface area contributed by atoms with Crippen molar-refractivity contribution in [3.05, 3.63) is 0 Å². The van der Waals surface area contributed by atoms with Crippen molar-refractivity contribution >= 4 is 5.91 Å². The molecule has 0 heterocycles. The maximum absolute atomic E-state index is 11.2. The lowest BCUT2D eigenvalue weighted by Crippen LogP contribution is -2.44. The van der Waals surface area contributed by atoms with Gasteiger partial charge in [-0.1, -0.05) is 19.8 Å². The summed E-state index contributed by atoms with van der Waals surface area (Å²) in [6.45, 7) is 5.43. The van der Waals surface area contributed by atoms with E-state index in [1.165, 1.54) is 32.1 Å². The van der Waals surface area contributed by atoms with Crippen molar-refractivity contribution in [2.24, 2.45) is 5.41 Å². The molecule has 0 aromatic heterocycles. The van der Waals surface area contributed by atoms with Crippen molar-refractivity contribution in [3.8, 4) is 0 Å². The zero-order valence-corrected chi connectivity index (χ0v) is 10.9. The van der Waals surface area contributed by atoms with E-state index in [9.17, 15) is 4.79 Å². The smallest absolute Gasteiger partial charge is 0.221 e. The fourth-order valence-corrected chi connectivity index (χ4v) is 2.57. The maximum Gasteiger partial charge on any atom is 0.221 e. The van der Waals surface area contributed by atoms with Crippen molar-refractivity contribution in [3.63, 3.8) is 0 Å². The summed E-state index contributed by atoms with van der Waals surface area (Å²) in [6, 6.07) is 0.286. The second-order valence-electron chi connectivity index (χ2n) is 5.26. The van der Waals surface area contributed by atoms with Crippen molar-refractivity contribution in [2.45, 2.75) is 58.4 Å². The molecule has 1 fully saturated rings. The molecule has 1 aliphatic rings. The highest BCUT2D eigenvalue weighted by Crippen LogP contribution is 2.44. The van der Waals surface area contributed by atoms with E-state index in [2.05, 4.69) is 24.5 Å². The molecule has 2 N–H and O–H groups in total. The van der Waals surface area contributed by atoms with Gasteiger partial charge in [-0.3, -0.25) is 4.79 Å². The molecule has 1 saturated carbocycles. The molecule has 0 radical (unpaired) electrons. The molecule has 0 spiro atoms. The van der Waals surface area contributed by atoms with E-state index in [1.54, 1.807) is 7.05 Å². The minimum absolute atomic E-state index is 0.123. The Hall–Kier alpha value is -0.570. The van der Waals surface area contributed by atoms with Gasteiger partial charge >= 0.3 is 0 Å². The van der Waals surface area contributed by atoms with E-state index in [-0.39, 0.29) is 11.9 Å². The molecule has 1 aliphatic carbocycles. The molecule has 0 saturated heterocycles. The number of nitrogens with one attached hydrogen (secondary N) is 2. The Kier molecular flexibility index (Phi) is 5.26. The molecule has 0 bridgehead atoms. The summed E-state index contributed by atoms with van der Waals surface area (Å²) in [5.41, 5.74) is 0.547. The Bertz CT molecular complexity index is 224. The van der Waals surface area contributed by atoms with Crippen molar-refractivity contribution in [2.75, 3.05) is 13.6 Å². The van der Waals surface area contributed by atoms with Crippen LogP contribution in [0.4, 0.5) is 0 Å². The predicted molar refractivity (Wildman–Crippen MR) is 67.3 cm³/mol. The van der Waals surface area contributed by atoms with E-state index in [0.717, 1.165) is 6.54 Å². The van der Waals surface area contributed by atoms with Gasteiger partial charge in [-0.15, -0.1) is 0 Å². The lowest BCUT2D eigenvalue weighted by atomic mass is 9.66. The molecule has 16 heavy (non-hydrogen) atoms. The van der Waals surface area contributed by atoms with Gasteiger partial charge in [0.1, 0.15) is 0 Å². The Labute approximate surface area is 99.4 Å². The summed E-state index contributed by atoms with van der Waals surface area (Å²) in [5.74, 6) is 0.123. The third-order valence-corrected chi connectivity index (χ3v) is 3.79. The minimum atomic E-state index is 0.123. The van der Waals surface area contributed by atoms with Crippen LogP contribution in [-0.4, -0.2) is 25.5 Å². The number of carbonyl (C=O) groups excluding carboxylic acids is 1. The molecule has 3 nitrogen and oxygen atoms in total. The van der Waals surface area contributed by atoms with E-state index in [0.29, 0.717) is 11.8 Å². The molecule has 1 unspecified atom stereocenters. The Morgan fingerprint density at radius 3 is 2.56 bits per heavy atom. The molecular weight excluding hydrogens is 200 g/mol. The largest absolute Gasteiger partial charge is 0.359 e. The van der Waals surface area contributed by atoms with Crippen LogP contribution in [0.15, 0.2) is 0 Å². The van der Waals surface area contributed by atoms with Crippen LogP contribution in [0.2, 0.25) is 0 Å². The second kappa shape index (κ2) is 6.24. The van der Waals surface area contributed by atoms with Crippen LogP contribution >= 0.6 is 0 Å². The van der Waals surface area contributed by atoms with E-state index >= 15 is 0 Å². The van der Waals surface area contributed by atoms with E-state index < -0.39 is 0 Å². The summed E-state index contributed by atoms with van der Waals surface area (Å²) in [7, 11) is 1.69. The van der Waals surface area contributed by atoms with Crippen LogP contribution in [0, 0.1) is 5.41 Å². The normalized spacial score (nSPS) is 19.9. The number of hydrogen-bond donors (Lipinski definition) is 2. The SMILES string of the molecule is CCCC1(CNC(C)CC(=O)NC)CCC1. The average molecular weight is 226 g/mol. The van der Waals surface area contributed by atoms with Gasteiger partial charge in [-0.05, 0) is 31.6 Å². The predicted octanol–water partition coefficient (Wildman–Crippen LogP) is 2.07. The van der Waals surface area contributed by atoms with E-state index in [4.69, 9.17) is 0 Å². The minimum Gasteiger partial charge on any atom is -0.359 e. The molecular formula is C13H26N2O.